The van der Waals surface area contributed by atoms with Gasteiger partial charge in [-0.25, -0.2) is 0 Å². The van der Waals surface area contributed by atoms with Crippen LogP contribution in [-0.4, -0.2) is 17.6 Å². The summed E-state index contributed by atoms with van der Waals surface area (Å²) in [5, 5.41) is 0. The minimum absolute atomic E-state index is 0.577. The van der Waals surface area contributed by atoms with Crippen LogP contribution < -0.4 is 0 Å². The highest BCUT2D eigenvalue weighted by Crippen LogP contribution is 2.20. The molecule has 0 heterocycles. The highest BCUT2D eigenvalue weighted by Gasteiger charge is 2.05. The van der Waals surface area contributed by atoms with Gasteiger partial charge in [0.1, 0.15) is 0 Å². The smallest absolute Gasteiger partial charge is 0.0580 e. The van der Waals surface area contributed by atoms with Gasteiger partial charge in [-0.3, -0.25) is 0 Å². The molecule has 0 amide bonds. The van der Waals surface area contributed by atoms with Gasteiger partial charge in [0.15, 0.2) is 0 Å². The molecule has 0 aliphatic rings. The molecule has 2 heteroatoms. The van der Waals surface area contributed by atoms with Gasteiger partial charge in [-0.1, -0.05) is 59.5 Å². The van der Waals surface area contributed by atoms with E-state index in [2.05, 4.69) is 53.4 Å². The third-order valence-corrected chi connectivity index (χ3v) is 3.27. The minimum atomic E-state index is 0.577. The Morgan fingerprint density at radius 2 is 2.07 bits per heavy atom. The van der Waals surface area contributed by atoms with Crippen LogP contribution in [0.4, 0.5) is 0 Å². The number of methoxy groups -OCH3 is 1. The first kappa shape index (κ1) is 12.7. The third-order valence-electron chi connectivity index (χ3n) is 2.29. The number of hydrogen-bond acceptors (Lipinski definition) is 1. The molecule has 0 N–H and O–H groups in total. The molecule has 15 heavy (non-hydrogen) atoms. The summed E-state index contributed by atoms with van der Waals surface area (Å²) < 4.78 is 5.68. The van der Waals surface area contributed by atoms with Crippen LogP contribution in [-0.2, 0) is 4.74 Å². The van der Waals surface area contributed by atoms with Gasteiger partial charge < -0.3 is 4.74 Å². The van der Waals surface area contributed by atoms with E-state index in [-0.39, 0.29) is 0 Å². The van der Waals surface area contributed by atoms with Gasteiger partial charge in [-0.2, -0.15) is 0 Å². The fourth-order valence-electron chi connectivity index (χ4n) is 1.41. The van der Waals surface area contributed by atoms with E-state index in [0.29, 0.717) is 3.92 Å². The molecule has 1 nitrogen and oxygen atoms in total. The molecule has 1 atom stereocenters. The second kappa shape index (κ2) is 7.01. The summed E-state index contributed by atoms with van der Waals surface area (Å²) in [6.07, 6.45) is 2.17. The molecule has 1 unspecified atom stereocenters. The van der Waals surface area contributed by atoms with Gasteiger partial charge in [0, 0.05) is 11.0 Å². The van der Waals surface area contributed by atoms with Crippen molar-refractivity contribution in [3.8, 4) is 0 Å². The maximum Gasteiger partial charge on any atom is 0.0580 e. The van der Waals surface area contributed by atoms with E-state index in [1.54, 1.807) is 7.11 Å². The number of benzene rings is 1. The number of ether oxygens (including phenoxy) is 1. The van der Waals surface area contributed by atoms with Crippen molar-refractivity contribution in [3.05, 3.63) is 42.5 Å². The standard InChI is InChI=1S/C13H17IO/c1-11(8-9-13(14)10-15-2)12-6-4-3-5-7-12/h3-7,13H,1,8-10H2,2H3. The zero-order valence-corrected chi connectivity index (χ0v) is 11.2. The lowest BCUT2D eigenvalue weighted by atomic mass is 10.0. The molecule has 1 rings (SSSR count). The lowest BCUT2D eigenvalue weighted by Gasteiger charge is -2.10. The Balaban J connectivity index is 2.37. The molecule has 1 aromatic carbocycles. The maximum absolute atomic E-state index is 5.10. The van der Waals surface area contributed by atoms with E-state index in [4.69, 9.17) is 4.74 Å². The summed E-state index contributed by atoms with van der Waals surface area (Å²) in [4.78, 5) is 0. The molecule has 0 fully saturated rings. The first-order chi connectivity index (χ1) is 7.24. The van der Waals surface area contributed by atoms with Crippen LogP contribution in [0.15, 0.2) is 36.9 Å². The Labute approximate surface area is 106 Å². The first-order valence-corrected chi connectivity index (χ1v) is 6.35. The summed E-state index contributed by atoms with van der Waals surface area (Å²) in [5.74, 6) is 0. The number of alkyl halides is 1. The minimum Gasteiger partial charge on any atom is -0.384 e. The summed E-state index contributed by atoms with van der Waals surface area (Å²) >= 11 is 2.43. The number of halogens is 1. The van der Waals surface area contributed by atoms with Crippen molar-refractivity contribution in [2.24, 2.45) is 0 Å². The lowest BCUT2D eigenvalue weighted by molar-refractivity contribution is 0.201. The van der Waals surface area contributed by atoms with Crippen LogP contribution in [0.1, 0.15) is 18.4 Å². The normalized spacial score (nSPS) is 12.4. The Kier molecular flexibility index (Phi) is 5.95. The zero-order chi connectivity index (χ0) is 11.1. The SMILES string of the molecule is C=C(CCC(I)COC)c1ccccc1. The average molecular weight is 316 g/mol. The molecule has 0 spiro atoms. The first-order valence-electron chi connectivity index (χ1n) is 5.10. The maximum atomic E-state index is 5.10. The molecule has 0 aliphatic carbocycles. The van der Waals surface area contributed by atoms with Gasteiger partial charge in [-0.05, 0) is 24.0 Å². The van der Waals surface area contributed by atoms with Crippen LogP contribution in [0.25, 0.3) is 5.57 Å². The monoisotopic (exact) mass is 316 g/mol. The highest BCUT2D eigenvalue weighted by molar-refractivity contribution is 14.1. The zero-order valence-electron chi connectivity index (χ0n) is 9.08. The molecule has 0 saturated heterocycles. The van der Waals surface area contributed by atoms with Crippen molar-refractivity contribution in [1.82, 2.24) is 0 Å². The van der Waals surface area contributed by atoms with Gasteiger partial charge in [0.25, 0.3) is 0 Å². The highest BCUT2D eigenvalue weighted by atomic mass is 127. The van der Waals surface area contributed by atoms with Crippen LogP contribution >= 0.6 is 22.6 Å². The van der Waals surface area contributed by atoms with E-state index in [0.717, 1.165) is 19.4 Å². The van der Waals surface area contributed by atoms with Crippen molar-refractivity contribution in [2.75, 3.05) is 13.7 Å². The molecule has 0 aliphatic heterocycles. The summed E-state index contributed by atoms with van der Waals surface area (Å²) in [5.41, 5.74) is 2.46. The quantitative estimate of drug-likeness (QED) is 0.571. The van der Waals surface area contributed by atoms with Crippen molar-refractivity contribution in [1.29, 1.82) is 0 Å². The van der Waals surface area contributed by atoms with E-state index in [9.17, 15) is 0 Å². The van der Waals surface area contributed by atoms with Crippen LogP contribution in [0, 0.1) is 0 Å². The van der Waals surface area contributed by atoms with Crippen LogP contribution in [0.2, 0.25) is 0 Å². The van der Waals surface area contributed by atoms with Crippen molar-refractivity contribution in [3.63, 3.8) is 0 Å². The molecule has 0 radical (unpaired) electrons. The summed E-state index contributed by atoms with van der Waals surface area (Å²) in [6.45, 7) is 4.93. The van der Waals surface area contributed by atoms with Gasteiger partial charge in [-0.15, -0.1) is 0 Å². The van der Waals surface area contributed by atoms with Crippen LogP contribution in [0.3, 0.4) is 0 Å². The van der Waals surface area contributed by atoms with Gasteiger partial charge in [0.05, 0.1) is 6.61 Å². The molecule has 82 valence electrons. The fourth-order valence-corrected chi connectivity index (χ4v) is 2.08. The Morgan fingerprint density at radius 3 is 2.67 bits per heavy atom. The predicted octanol–water partition coefficient (Wildman–Crippen LogP) is 3.93. The molecule has 0 bridgehead atoms. The van der Waals surface area contributed by atoms with E-state index in [1.807, 2.05) is 6.07 Å². The van der Waals surface area contributed by atoms with E-state index < -0.39 is 0 Å². The molecule has 1 aromatic rings. The predicted molar refractivity (Wildman–Crippen MR) is 74.4 cm³/mol. The Hall–Kier alpha value is -0.350. The largest absolute Gasteiger partial charge is 0.384 e. The number of rotatable bonds is 6. The van der Waals surface area contributed by atoms with Gasteiger partial charge in [0.2, 0.25) is 0 Å². The topological polar surface area (TPSA) is 9.23 Å². The van der Waals surface area contributed by atoms with Crippen molar-refractivity contribution in [2.45, 2.75) is 16.8 Å². The number of allylic oxidation sites excluding steroid dienone is 1. The fraction of sp³-hybridized carbons (Fsp3) is 0.385. The van der Waals surface area contributed by atoms with Crippen molar-refractivity contribution < 1.29 is 4.74 Å². The van der Waals surface area contributed by atoms with Crippen molar-refractivity contribution >= 4 is 28.2 Å². The molecule has 0 saturated carbocycles. The second-order valence-electron chi connectivity index (χ2n) is 3.56. The molecular formula is C13H17IO. The summed E-state index contributed by atoms with van der Waals surface area (Å²) in [7, 11) is 1.75. The third kappa shape index (κ3) is 4.80. The Morgan fingerprint density at radius 1 is 1.40 bits per heavy atom. The molecule has 0 aromatic heterocycles. The van der Waals surface area contributed by atoms with Gasteiger partial charge >= 0.3 is 0 Å². The lowest BCUT2D eigenvalue weighted by Crippen LogP contribution is -2.06. The number of hydrogen-bond donors (Lipinski definition) is 0. The van der Waals surface area contributed by atoms with E-state index in [1.165, 1.54) is 11.1 Å². The second-order valence-corrected chi connectivity index (χ2v) is 5.32. The molecular weight excluding hydrogens is 299 g/mol. The van der Waals surface area contributed by atoms with E-state index >= 15 is 0 Å². The average Bonchev–Trinajstić information content (AvgIpc) is 2.27. The summed E-state index contributed by atoms with van der Waals surface area (Å²) in [6, 6.07) is 10.4. The van der Waals surface area contributed by atoms with Crippen LogP contribution in [0.5, 0.6) is 0 Å². The Bertz CT molecular complexity index is 295.